The predicted molar refractivity (Wildman–Crippen MR) is 82.8 cm³/mol. The van der Waals surface area contributed by atoms with E-state index in [0.29, 0.717) is 29.0 Å². The van der Waals surface area contributed by atoms with Gasteiger partial charge in [0.1, 0.15) is 5.15 Å². The fourth-order valence-corrected chi connectivity index (χ4v) is 3.22. The summed E-state index contributed by atoms with van der Waals surface area (Å²) in [5.41, 5.74) is 0.349. The molecule has 0 saturated carbocycles. The second-order valence-corrected chi connectivity index (χ2v) is 5.86. The first-order chi connectivity index (χ1) is 10.5. The topological polar surface area (TPSA) is 85.6 Å². The van der Waals surface area contributed by atoms with Crippen LogP contribution in [0.5, 0.6) is 0 Å². The summed E-state index contributed by atoms with van der Waals surface area (Å²) in [6, 6.07) is 3.45. The van der Waals surface area contributed by atoms with Crippen LogP contribution in [0.4, 0.5) is 0 Å². The van der Waals surface area contributed by atoms with Gasteiger partial charge in [0.2, 0.25) is 0 Å². The Kier molecular flexibility index (Phi) is 5.62. The molecule has 1 aromatic heterocycles. The molecule has 0 atom stereocenters. The van der Waals surface area contributed by atoms with E-state index >= 15 is 0 Å². The number of halogens is 1. The Balaban J connectivity index is 2.26. The summed E-state index contributed by atoms with van der Waals surface area (Å²) in [4.78, 5) is 28.1. The minimum absolute atomic E-state index is 0.0925. The van der Waals surface area contributed by atoms with Crippen molar-refractivity contribution in [2.45, 2.75) is 13.5 Å². The Morgan fingerprint density at radius 3 is 2.95 bits per heavy atom. The van der Waals surface area contributed by atoms with Crippen LogP contribution in [0.15, 0.2) is 29.1 Å². The van der Waals surface area contributed by atoms with E-state index < -0.39 is 16.6 Å². The minimum atomic E-state index is -0.906. The van der Waals surface area contributed by atoms with Crippen LogP contribution in [0.2, 0.25) is 5.15 Å². The van der Waals surface area contributed by atoms with Crippen LogP contribution in [0.3, 0.4) is 0 Å². The highest BCUT2D eigenvalue weighted by Crippen LogP contribution is 2.32. The minimum Gasteiger partial charge on any atom is -0.458 e. The first-order valence-electron chi connectivity index (χ1n) is 6.57. The molecule has 7 nitrogen and oxygen atoms in total. The first kappa shape index (κ1) is 16.6. The van der Waals surface area contributed by atoms with E-state index in [0.717, 1.165) is 5.56 Å². The number of esters is 1. The van der Waals surface area contributed by atoms with Crippen molar-refractivity contribution >= 4 is 29.3 Å². The zero-order valence-corrected chi connectivity index (χ0v) is 13.4. The third kappa shape index (κ3) is 3.89. The third-order valence-electron chi connectivity index (χ3n) is 2.90. The number of nitrogens with zero attached hydrogens (tertiary/aromatic N) is 3. The molecule has 0 amide bonds. The maximum atomic E-state index is 11.8. The van der Waals surface area contributed by atoms with E-state index in [9.17, 15) is 14.9 Å². The van der Waals surface area contributed by atoms with Gasteiger partial charge in [-0.2, -0.15) is 0 Å². The van der Waals surface area contributed by atoms with Gasteiger partial charge in [-0.3, -0.25) is 10.1 Å². The molecular weight excluding hydrogens is 330 g/mol. The van der Waals surface area contributed by atoms with E-state index in [2.05, 4.69) is 4.98 Å². The number of aromatic nitrogens is 1. The molecule has 1 fully saturated rings. The predicted octanol–water partition coefficient (Wildman–Crippen LogP) is 2.29. The molecule has 0 N–H and O–H groups in total. The molecule has 0 bridgehead atoms. The van der Waals surface area contributed by atoms with Crippen molar-refractivity contribution in [2.75, 3.05) is 18.9 Å². The molecule has 2 rings (SSSR count). The quantitative estimate of drug-likeness (QED) is 0.266. The van der Waals surface area contributed by atoms with Gasteiger partial charge in [-0.25, -0.2) is 9.78 Å². The first-order valence-corrected chi connectivity index (χ1v) is 7.93. The van der Waals surface area contributed by atoms with Gasteiger partial charge in [0.05, 0.1) is 11.5 Å². The summed E-state index contributed by atoms with van der Waals surface area (Å²) in [6.07, 6.45) is 1.61. The van der Waals surface area contributed by atoms with Crippen LogP contribution < -0.4 is 0 Å². The number of rotatable bonds is 5. The number of hydrogen-bond donors (Lipinski definition) is 0. The van der Waals surface area contributed by atoms with Crippen molar-refractivity contribution in [1.82, 2.24) is 9.88 Å². The van der Waals surface area contributed by atoms with Crippen LogP contribution in [-0.4, -0.2) is 39.7 Å². The summed E-state index contributed by atoms with van der Waals surface area (Å²) < 4.78 is 4.78. The summed E-state index contributed by atoms with van der Waals surface area (Å²) >= 11 is 7.02. The highest BCUT2D eigenvalue weighted by atomic mass is 35.5. The Bertz CT molecular complexity index is 606. The van der Waals surface area contributed by atoms with Crippen LogP contribution in [0.25, 0.3) is 0 Å². The monoisotopic (exact) mass is 343 g/mol. The zero-order valence-electron chi connectivity index (χ0n) is 11.8. The lowest BCUT2D eigenvalue weighted by molar-refractivity contribution is -0.422. The fraction of sp³-hybridized carbons (Fsp3) is 0.385. The van der Waals surface area contributed by atoms with Crippen molar-refractivity contribution in [3.05, 3.63) is 49.9 Å². The lowest BCUT2D eigenvalue weighted by Crippen LogP contribution is -2.24. The van der Waals surface area contributed by atoms with Gasteiger partial charge in [0, 0.05) is 25.0 Å². The molecule has 9 heteroatoms. The lowest BCUT2D eigenvalue weighted by Gasteiger charge is -2.18. The molecule has 0 radical (unpaired) electrons. The largest absolute Gasteiger partial charge is 0.458 e. The third-order valence-corrected chi connectivity index (χ3v) is 4.24. The van der Waals surface area contributed by atoms with Gasteiger partial charge in [-0.05, 0) is 18.6 Å². The van der Waals surface area contributed by atoms with Crippen molar-refractivity contribution in [1.29, 1.82) is 0 Å². The SMILES string of the molecule is CCOC(=O)/C(=C1\SCCN1Cc1ccc(Cl)nc1)[N+](=O)[O-]. The Labute approximate surface area is 136 Å². The molecule has 1 aromatic rings. The highest BCUT2D eigenvalue weighted by Gasteiger charge is 2.35. The summed E-state index contributed by atoms with van der Waals surface area (Å²) in [6.45, 7) is 2.73. The maximum absolute atomic E-state index is 11.8. The highest BCUT2D eigenvalue weighted by molar-refractivity contribution is 8.03. The Hall–Kier alpha value is -1.80. The number of hydrogen-bond acceptors (Lipinski definition) is 7. The van der Waals surface area contributed by atoms with E-state index in [1.54, 1.807) is 30.2 Å². The normalized spacial score (nSPS) is 16.5. The number of ether oxygens (including phenoxy) is 1. The van der Waals surface area contributed by atoms with Crippen LogP contribution in [-0.2, 0) is 16.1 Å². The van der Waals surface area contributed by atoms with Crippen molar-refractivity contribution in [3.63, 3.8) is 0 Å². The number of carbonyl (C=O) groups is 1. The van der Waals surface area contributed by atoms with E-state index in [4.69, 9.17) is 16.3 Å². The molecule has 1 aliphatic rings. The standard InChI is InChI=1S/C13H14ClN3O4S/c1-2-21-13(18)11(17(19)20)12-16(5-6-22-12)8-9-3-4-10(14)15-7-9/h3-4,7H,2,5-6,8H2,1H3/b12-11+. The number of thioether (sulfide) groups is 1. The van der Waals surface area contributed by atoms with Crippen LogP contribution >= 0.6 is 23.4 Å². The van der Waals surface area contributed by atoms with Gasteiger partial charge in [0.25, 0.3) is 0 Å². The number of carbonyl (C=O) groups excluding carboxylic acids is 1. The molecule has 0 aliphatic carbocycles. The van der Waals surface area contributed by atoms with Crippen LogP contribution in [0.1, 0.15) is 12.5 Å². The van der Waals surface area contributed by atoms with E-state index in [-0.39, 0.29) is 6.61 Å². The average molecular weight is 344 g/mol. The van der Waals surface area contributed by atoms with Crippen molar-refractivity contribution in [2.24, 2.45) is 0 Å². The van der Waals surface area contributed by atoms with Gasteiger partial charge in [0.15, 0.2) is 5.03 Å². The molecular formula is C13H14ClN3O4S. The molecule has 22 heavy (non-hydrogen) atoms. The lowest BCUT2D eigenvalue weighted by atomic mass is 10.2. The number of nitro groups is 1. The smallest absolute Gasteiger partial charge is 0.412 e. The summed E-state index contributed by atoms with van der Waals surface area (Å²) in [7, 11) is 0. The molecule has 2 heterocycles. The molecule has 118 valence electrons. The Morgan fingerprint density at radius 2 is 2.36 bits per heavy atom. The van der Waals surface area contributed by atoms with Gasteiger partial charge in [-0.15, -0.1) is 0 Å². The number of pyridine rings is 1. The molecule has 1 aliphatic heterocycles. The van der Waals surface area contributed by atoms with Crippen LogP contribution in [0, 0.1) is 10.1 Å². The van der Waals surface area contributed by atoms with Crippen molar-refractivity contribution in [3.8, 4) is 0 Å². The van der Waals surface area contributed by atoms with E-state index in [1.165, 1.54) is 11.8 Å². The molecule has 1 saturated heterocycles. The van der Waals surface area contributed by atoms with Gasteiger partial charge < -0.3 is 9.64 Å². The second kappa shape index (κ2) is 7.46. The van der Waals surface area contributed by atoms with Gasteiger partial charge >= 0.3 is 11.7 Å². The summed E-state index contributed by atoms with van der Waals surface area (Å²) in [5.74, 6) is -0.233. The Morgan fingerprint density at radius 1 is 1.59 bits per heavy atom. The summed E-state index contributed by atoms with van der Waals surface area (Å²) in [5, 5.41) is 11.9. The fourth-order valence-electron chi connectivity index (χ4n) is 1.97. The molecule has 0 unspecified atom stereocenters. The molecule has 0 spiro atoms. The van der Waals surface area contributed by atoms with Crippen molar-refractivity contribution < 1.29 is 14.5 Å². The molecule has 0 aromatic carbocycles. The zero-order chi connectivity index (χ0) is 16.1. The second-order valence-electron chi connectivity index (χ2n) is 4.39. The van der Waals surface area contributed by atoms with E-state index in [1.807, 2.05) is 0 Å². The average Bonchev–Trinajstić information content (AvgIpc) is 2.89. The van der Waals surface area contributed by atoms with Gasteiger partial charge in [-0.1, -0.05) is 29.4 Å². The maximum Gasteiger partial charge on any atom is 0.412 e.